The van der Waals surface area contributed by atoms with Crippen LogP contribution in [0.1, 0.15) is 5.56 Å². The van der Waals surface area contributed by atoms with Crippen LogP contribution in [0.3, 0.4) is 0 Å². The van der Waals surface area contributed by atoms with E-state index in [0.29, 0.717) is 12.4 Å². The number of ether oxygens (including phenoxy) is 1. The topological polar surface area (TPSA) is 98.5 Å². The van der Waals surface area contributed by atoms with E-state index < -0.39 is 9.84 Å². The minimum Gasteiger partial charge on any atom is -0.497 e. The van der Waals surface area contributed by atoms with Crippen LogP contribution in [0.25, 0.3) is 15.9 Å². The van der Waals surface area contributed by atoms with Gasteiger partial charge in [-0.2, -0.15) is 4.52 Å². The van der Waals surface area contributed by atoms with Crippen LogP contribution in [0, 0.1) is 0 Å². The fourth-order valence-corrected chi connectivity index (χ4v) is 5.65. The standard InChI is InChI=1S/C21H16BrN5O3S2/c1-30-15-4-2-3-13(11-15)12-23-19-18-17(9-10-31-18)27-20(24-19)21(25-26-27)32(28,29)16-7-5-14(22)6-8-16/h2-11H,12H2,1H3,(H,23,24). The average molecular weight is 530 g/mol. The van der Waals surface area contributed by atoms with E-state index in [2.05, 4.69) is 36.5 Å². The third-order valence-corrected chi connectivity index (χ3v) is 8.00. The minimum absolute atomic E-state index is 0.126. The van der Waals surface area contributed by atoms with Crippen molar-refractivity contribution in [1.29, 1.82) is 0 Å². The fraction of sp³-hybridized carbons (Fsp3) is 0.0952. The first kappa shape index (κ1) is 20.9. The number of hydrogen-bond donors (Lipinski definition) is 1. The molecular formula is C21H16BrN5O3S2. The maximum Gasteiger partial charge on any atom is 0.229 e. The van der Waals surface area contributed by atoms with Gasteiger partial charge in [-0.15, -0.1) is 16.4 Å². The molecular weight excluding hydrogens is 514 g/mol. The number of hydrogen-bond acceptors (Lipinski definition) is 8. The van der Waals surface area contributed by atoms with Crippen molar-refractivity contribution in [2.75, 3.05) is 12.4 Å². The summed E-state index contributed by atoms with van der Waals surface area (Å²) in [6, 6.07) is 16.0. The highest BCUT2D eigenvalue weighted by Gasteiger charge is 2.27. The largest absolute Gasteiger partial charge is 0.497 e. The summed E-state index contributed by atoms with van der Waals surface area (Å²) in [5.41, 5.74) is 1.91. The highest BCUT2D eigenvalue weighted by Crippen LogP contribution is 2.31. The van der Waals surface area contributed by atoms with E-state index in [9.17, 15) is 8.42 Å². The third kappa shape index (κ3) is 3.61. The molecule has 0 amide bonds. The van der Waals surface area contributed by atoms with Crippen molar-refractivity contribution in [1.82, 2.24) is 19.8 Å². The maximum absolute atomic E-state index is 13.3. The van der Waals surface area contributed by atoms with Crippen LogP contribution in [-0.2, 0) is 16.4 Å². The van der Waals surface area contributed by atoms with Crippen molar-refractivity contribution in [3.05, 3.63) is 70.0 Å². The van der Waals surface area contributed by atoms with Crippen LogP contribution in [0.4, 0.5) is 5.82 Å². The molecule has 1 N–H and O–H groups in total. The highest BCUT2D eigenvalue weighted by atomic mass is 79.9. The molecule has 0 bridgehead atoms. The van der Waals surface area contributed by atoms with Gasteiger partial charge in [0.1, 0.15) is 11.6 Å². The zero-order valence-electron chi connectivity index (χ0n) is 16.7. The molecule has 0 saturated carbocycles. The second-order valence-corrected chi connectivity index (χ2v) is 10.6. The summed E-state index contributed by atoms with van der Waals surface area (Å²) in [5, 5.41) is 13.1. The van der Waals surface area contributed by atoms with Crippen LogP contribution in [0.15, 0.2) is 74.4 Å². The van der Waals surface area contributed by atoms with Gasteiger partial charge in [0, 0.05) is 11.0 Å². The highest BCUT2D eigenvalue weighted by molar-refractivity contribution is 9.10. The van der Waals surface area contributed by atoms with Crippen molar-refractivity contribution in [3.8, 4) is 5.75 Å². The zero-order valence-corrected chi connectivity index (χ0v) is 19.9. The quantitative estimate of drug-likeness (QED) is 0.344. The lowest BCUT2D eigenvalue weighted by atomic mass is 10.2. The number of aromatic nitrogens is 4. The molecule has 32 heavy (non-hydrogen) atoms. The van der Waals surface area contributed by atoms with Crippen LogP contribution < -0.4 is 10.1 Å². The molecule has 11 heteroatoms. The molecule has 0 aliphatic rings. The van der Waals surface area contributed by atoms with Crippen molar-refractivity contribution in [2.24, 2.45) is 0 Å². The zero-order chi connectivity index (χ0) is 22.3. The SMILES string of the molecule is COc1cccc(CNc2nc3c(S(=O)(=O)c4ccc(Br)cc4)nnn3c3ccsc23)c1. The fourth-order valence-electron chi connectivity index (χ4n) is 3.31. The van der Waals surface area contributed by atoms with Gasteiger partial charge >= 0.3 is 0 Å². The molecule has 3 aromatic heterocycles. The Morgan fingerprint density at radius 3 is 2.75 bits per heavy atom. The first-order valence-corrected chi connectivity index (χ1v) is 12.6. The molecule has 8 nitrogen and oxygen atoms in total. The van der Waals surface area contributed by atoms with Gasteiger partial charge in [0.25, 0.3) is 0 Å². The van der Waals surface area contributed by atoms with Crippen LogP contribution >= 0.6 is 27.3 Å². The maximum atomic E-state index is 13.3. The van der Waals surface area contributed by atoms with Crippen LogP contribution in [0.2, 0.25) is 0 Å². The number of halogens is 1. The Bertz CT molecular complexity index is 1550. The third-order valence-electron chi connectivity index (χ3n) is 4.89. The van der Waals surface area contributed by atoms with E-state index in [1.165, 1.54) is 28.0 Å². The lowest BCUT2D eigenvalue weighted by Crippen LogP contribution is -2.06. The number of anilines is 1. The molecule has 2 aromatic carbocycles. The first-order chi connectivity index (χ1) is 15.5. The molecule has 0 aliphatic carbocycles. The van der Waals surface area contributed by atoms with Gasteiger partial charge in [0.05, 0.1) is 22.2 Å². The summed E-state index contributed by atoms with van der Waals surface area (Å²) in [6.07, 6.45) is 0. The number of methoxy groups -OCH3 is 1. The van der Waals surface area contributed by atoms with Gasteiger partial charge in [-0.25, -0.2) is 13.4 Å². The van der Waals surface area contributed by atoms with Gasteiger partial charge < -0.3 is 10.1 Å². The Morgan fingerprint density at radius 2 is 1.97 bits per heavy atom. The number of rotatable bonds is 6. The second kappa shape index (κ2) is 8.15. The average Bonchev–Trinajstić information content (AvgIpc) is 3.45. The molecule has 0 saturated heterocycles. The Labute approximate surface area is 195 Å². The van der Waals surface area contributed by atoms with Crippen molar-refractivity contribution >= 4 is 58.8 Å². The Balaban J connectivity index is 1.59. The van der Waals surface area contributed by atoms with Crippen molar-refractivity contribution < 1.29 is 13.2 Å². The van der Waals surface area contributed by atoms with Crippen molar-refractivity contribution in [2.45, 2.75) is 16.5 Å². The van der Waals surface area contributed by atoms with Gasteiger partial charge in [0.15, 0.2) is 5.65 Å². The van der Waals surface area contributed by atoms with Crippen LogP contribution in [-0.4, -0.2) is 35.3 Å². The number of nitrogens with zero attached hydrogens (tertiary/aromatic N) is 4. The predicted molar refractivity (Wildman–Crippen MR) is 126 cm³/mol. The first-order valence-electron chi connectivity index (χ1n) is 9.47. The normalized spacial score (nSPS) is 11.8. The molecule has 0 fully saturated rings. The summed E-state index contributed by atoms with van der Waals surface area (Å²) in [7, 11) is -2.28. The molecule has 0 radical (unpaired) electrons. The number of thiophene rings is 1. The summed E-state index contributed by atoms with van der Waals surface area (Å²) in [4.78, 5) is 4.75. The van der Waals surface area contributed by atoms with E-state index in [-0.39, 0.29) is 15.6 Å². The number of nitrogens with one attached hydrogen (secondary N) is 1. The Hall–Kier alpha value is -3.02. The van der Waals surface area contributed by atoms with E-state index in [4.69, 9.17) is 4.74 Å². The number of sulfone groups is 1. The second-order valence-electron chi connectivity index (χ2n) is 6.89. The van der Waals surface area contributed by atoms with Crippen LogP contribution in [0.5, 0.6) is 5.75 Å². The van der Waals surface area contributed by atoms with Gasteiger partial charge in [0.2, 0.25) is 14.9 Å². The molecule has 162 valence electrons. The molecule has 0 unspecified atom stereocenters. The minimum atomic E-state index is -3.90. The Kier molecular flexibility index (Phi) is 5.31. The summed E-state index contributed by atoms with van der Waals surface area (Å²) in [6.45, 7) is 0.490. The lowest BCUT2D eigenvalue weighted by Gasteiger charge is -2.09. The monoisotopic (exact) mass is 529 g/mol. The van der Waals surface area contributed by atoms with Gasteiger partial charge in [-0.3, -0.25) is 0 Å². The van der Waals surface area contributed by atoms with E-state index in [1.54, 1.807) is 19.2 Å². The molecule has 0 spiro atoms. The Morgan fingerprint density at radius 1 is 1.16 bits per heavy atom. The van der Waals surface area contributed by atoms with E-state index >= 15 is 0 Å². The van der Waals surface area contributed by atoms with Gasteiger partial charge in [-0.1, -0.05) is 33.3 Å². The summed E-state index contributed by atoms with van der Waals surface area (Å²) < 4.78 is 34.9. The van der Waals surface area contributed by atoms with E-state index in [1.807, 2.05) is 35.7 Å². The van der Waals surface area contributed by atoms with Gasteiger partial charge in [-0.05, 0) is 53.4 Å². The molecule has 5 aromatic rings. The predicted octanol–water partition coefficient (Wildman–Crippen LogP) is 4.56. The lowest BCUT2D eigenvalue weighted by molar-refractivity contribution is 0.414. The molecule has 0 atom stereocenters. The van der Waals surface area contributed by atoms with Crippen molar-refractivity contribution in [3.63, 3.8) is 0 Å². The molecule has 3 heterocycles. The number of fused-ring (bicyclic) bond motifs is 3. The van der Waals surface area contributed by atoms with E-state index in [0.717, 1.165) is 26.0 Å². The summed E-state index contributed by atoms with van der Waals surface area (Å²) >= 11 is 4.82. The molecule has 0 aliphatic heterocycles. The summed E-state index contributed by atoms with van der Waals surface area (Å²) in [5.74, 6) is 1.33. The molecule has 5 rings (SSSR count). The number of benzene rings is 2. The smallest absolute Gasteiger partial charge is 0.229 e.